The van der Waals surface area contributed by atoms with Gasteiger partial charge in [-0.15, -0.1) is 0 Å². The molecule has 0 bridgehead atoms. The highest BCUT2D eigenvalue weighted by Crippen LogP contribution is 2.65. The fourth-order valence-corrected chi connectivity index (χ4v) is 5.33. The summed E-state index contributed by atoms with van der Waals surface area (Å²) >= 11 is 0. The first kappa shape index (κ1) is 14.4. The molecular formula is C18H34. The van der Waals surface area contributed by atoms with E-state index in [0.717, 1.165) is 11.8 Å². The molecule has 2 fully saturated rings. The average molecular weight is 250 g/mol. The van der Waals surface area contributed by atoms with Crippen LogP contribution in [0.5, 0.6) is 0 Å². The fourth-order valence-electron chi connectivity index (χ4n) is 5.33. The second-order valence-corrected chi connectivity index (χ2v) is 9.15. The van der Waals surface area contributed by atoms with E-state index in [0.29, 0.717) is 16.2 Å². The fraction of sp³-hybridized carbons (Fsp3) is 1.00. The molecule has 0 heterocycles. The standard InChI is InChI=1S/C18H34/c1-16(2,3)18(17(4,5)6)12-14-10-8-7-9-11-15(14)13-18/h14-15H,7-13H2,1-6H3. The van der Waals surface area contributed by atoms with Gasteiger partial charge in [-0.3, -0.25) is 0 Å². The zero-order valence-electron chi connectivity index (χ0n) is 13.6. The van der Waals surface area contributed by atoms with E-state index < -0.39 is 0 Å². The molecule has 2 rings (SSSR count). The van der Waals surface area contributed by atoms with Crippen LogP contribution in [0, 0.1) is 28.1 Å². The Balaban J connectivity index is 2.30. The second kappa shape index (κ2) is 4.53. The zero-order chi connectivity index (χ0) is 13.6. The minimum absolute atomic E-state index is 0.442. The molecule has 0 heteroatoms. The van der Waals surface area contributed by atoms with Crippen LogP contribution in [0.2, 0.25) is 0 Å². The van der Waals surface area contributed by atoms with Crippen molar-refractivity contribution in [3.63, 3.8) is 0 Å². The number of hydrogen-bond acceptors (Lipinski definition) is 0. The van der Waals surface area contributed by atoms with Crippen molar-refractivity contribution in [2.24, 2.45) is 28.1 Å². The van der Waals surface area contributed by atoms with Gasteiger partial charge in [-0.05, 0) is 40.9 Å². The van der Waals surface area contributed by atoms with Gasteiger partial charge in [0.1, 0.15) is 0 Å². The molecule has 0 aromatic rings. The summed E-state index contributed by atoms with van der Waals surface area (Å²) in [6, 6.07) is 0. The molecule has 0 spiro atoms. The lowest BCUT2D eigenvalue weighted by Gasteiger charge is -2.52. The van der Waals surface area contributed by atoms with Crippen LogP contribution in [0.25, 0.3) is 0 Å². The lowest BCUT2D eigenvalue weighted by Crippen LogP contribution is -2.44. The van der Waals surface area contributed by atoms with E-state index in [1.807, 2.05) is 0 Å². The van der Waals surface area contributed by atoms with Crippen LogP contribution in [0.4, 0.5) is 0 Å². The van der Waals surface area contributed by atoms with Crippen molar-refractivity contribution in [3.8, 4) is 0 Å². The van der Waals surface area contributed by atoms with Crippen LogP contribution in [0.1, 0.15) is 86.5 Å². The summed E-state index contributed by atoms with van der Waals surface area (Å²) in [5.74, 6) is 2.07. The van der Waals surface area contributed by atoms with Gasteiger partial charge in [0.15, 0.2) is 0 Å². The van der Waals surface area contributed by atoms with Crippen molar-refractivity contribution < 1.29 is 0 Å². The maximum atomic E-state index is 2.49. The number of hydrogen-bond donors (Lipinski definition) is 0. The van der Waals surface area contributed by atoms with Crippen molar-refractivity contribution in [3.05, 3.63) is 0 Å². The van der Waals surface area contributed by atoms with E-state index in [1.54, 1.807) is 0 Å². The molecule has 0 amide bonds. The van der Waals surface area contributed by atoms with E-state index in [2.05, 4.69) is 41.5 Å². The largest absolute Gasteiger partial charge is 0.0596 e. The van der Waals surface area contributed by atoms with Gasteiger partial charge < -0.3 is 0 Å². The Morgan fingerprint density at radius 2 is 1.06 bits per heavy atom. The monoisotopic (exact) mass is 250 g/mol. The lowest BCUT2D eigenvalue weighted by atomic mass is 9.52. The van der Waals surface area contributed by atoms with Crippen molar-refractivity contribution in [2.75, 3.05) is 0 Å². The van der Waals surface area contributed by atoms with Gasteiger partial charge >= 0.3 is 0 Å². The molecule has 106 valence electrons. The highest BCUT2D eigenvalue weighted by atomic mass is 14.6. The predicted molar refractivity (Wildman–Crippen MR) is 80.6 cm³/mol. The van der Waals surface area contributed by atoms with Crippen molar-refractivity contribution in [1.82, 2.24) is 0 Å². The molecule has 18 heavy (non-hydrogen) atoms. The van der Waals surface area contributed by atoms with Crippen LogP contribution < -0.4 is 0 Å². The number of fused-ring (bicyclic) bond motifs is 1. The van der Waals surface area contributed by atoms with Crippen LogP contribution in [0.3, 0.4) is 0 Å². The predicted octanol–water partition coefficient (Wildman–Crippen LogP) is 6.06. The normalized spacial score (nSPS) is 33.0. The first-order chi connectivity index (χ1) is 8.17. The molecule has 0 aromatic carbocycles. The van der Waals surface area contributed by atoms with E-state index in [9.17, 15) is 0 Å². The van der Waals surface area contributed by atoms with Gasteiger partial charge in [0.2, 0.25) is 0 Å². The Labute approximate surface area is 115 Å². The molecule has 0 N–H and O–H groups in total. The van der Waals surface area contributed by atoms with Crippen LogP contribution in [0.15, 0.2) is 0 Å². The van der Waals surface area contributed by atoms with E-state index in [4.69, 9.17) is 0 Å². The summed E-state index contributed by atoms with van der Waals surface area (Å²) in [7, 11) is 0. The third-order valence-corrected chi connectivity index (χ3v) is 6.41. The topological polar surface area (TPSA) is 0 Å². The van der Waals surface area contributed by atoms with Crippen molar-refractivity contribution in [2.45, 2.75) is 86.5 Å². The van der Waals surface area contributed by atoms with E-state index in [-0.39, 0.29) is 0 Å². The van der Waals surface area contributed by atoms with Crippen molar-refractivity contribution in [1.29, 1.82) is 0 Å². The Bertz CT molecular complexity index is 256. The van der Waals surface area contributed by atoms with Crippen LogP contribution >= 0.6 is 0 Å². The molecule has 2 saturated carbocycles. The summed E-state index contributed by atoms with van der Waals surface area (Å²) in [5, 5.41) is 0. The molecule has 0 radical (unpaired) electrons. The highest BCUT2D eigenvalue weighted by Gasteiger charge is 2.56. The van der Waals surface area contributed by atoms with Gasteiger partial charge in [-0.1, -0.05) is 73.6 Å². The molecular weight excluding hydrogens is 216 g/mol. The van der Waals surface area contributed by atoms with Gasteiger partial charge in [0, 0.05) is 0 Å². The minimum atomic E-state index is 0.442. The lowest BCUT2D eigenvalue weighted by molar-refractivity contribution is -0.0323. The van der Waals surface area contributed by atoms with Crippen LogP contribution in [-0.4, -0.2) is 0 Å². The molecule has 2 aliphatic carbocycles. The first-order valence-electron chi connectivity index (χ1n) is 8.17. The van der Waals surface area contributed by atoms with Gasteiger partial charge in [-0.2, -0.15) is 0 Å². The average Bonchev–Trinajstić information content (AvgIpc) is 2.46. The quantitative estimate of drug-likeness (QED) is 0.490. The molecule has 0 saturated heterocycles. The van der Waals surface area contributed by atoms with Gasteiger partial charge in [0.05, 0.1) is 0 Å². The molecule has 0 aliphatic heterocycles. The molecule has 2 atom stereocenters. The maximum Gasteiger partial charge on any atom is -0.0195 e. The summed E-state index contributed by atoms with van der Waals surface area (Å²) in [6.45, 7) is 14.9. The minimum Gasteiger partial charge on any atom is -0.0596 e. The Kier molecular flexibility index (Phi) is 3.63. The van der Waals surface area contributed by atoms with Crippen molar-refractivity contribution >= 4 is 0 Å². The smallest absolute Gasteiger partial charge is 0.0195 e. The first-order valence-corrected chi connectivity index (χ1v) is 8.17. The zero-order valence-corrected chi connectivity index (χ0v) is 13.6. The Morgan fingerprint density at radius 3 is 1.39 bits per heavy atom. The third-order valence-electron chi connectivity index (χ3n) is 6.41. The maximum absolute atomic E-state index is 2.49. The third kappa shape index (κ3) is 2.25. The molecule has 2 aliphatic rings. The molecule has 0 aromatic heterocycles. The summed E-state index contributed by atoms with van der Waals surface area (Å²) in [4.78, 5) is 0. The van der Waals surface area contributed by atoms with E-state index in [1.165, 1.54) is 44.9 Å². The number of rotatable bonds is 0. The van der Waals surface area contributed by atoms with Gasteiger partial charge in [0.25, 0.3) is 0 Å². The Hall–Kier alpha value is 0. The Morgan fingerprint density at radius 1 is 0.667 bits per heavy atom. The SMILES string of the molecule is CC(C)(C)C1(C(C)(C)C)CC2CCCCCC2C1. The van der Waals surface area contributed by atoms with Gasteiger partial charge in [-0.25, -0.2) is 0 Å². The summed E-state index contributed by atoms with van der Waals surface area (Å²) in [6.07, 6.45) is 10.5. The molecule has 2 unspecified atom stereocenters. The second-order valence-electron chi connectivity index (χ2n) is 9.15. The highest BCUT2D eigenvalue weighted by molar-refractivity contribution is 5.06. The van der Waals surface area contributed by atoms with E-state index >= 15 is 0 Å². The van der Waals surface area contributed by atoms with Crippen LogP contribution in [-0.2, 0) is 0 Å². The summed E-state index contributed by atoms with van der Waals surface area (Å²) in [5.41, 5.74) is 1.43. The summed E-state index contributed by atoms with van der Waals surface area (Å²) < 4.78 is 0. The molecule has 0 nitrogen and oxygen atoms in total.